The Labute approximate surface area is 131 Å². The third-order valence-corrected chi connectivity index (χ3v) is 4.74. The van der Waals surface area contributed by atoms with Gasteiger partial charge >= 0.3 is 0 Å². The van der Waals surface area contributed by atoms with Gasteiger partial charge in [0.1, 0.15) is 9.84 Å². The average molecular weight is 362 g/mol. The first-order chi connectivity index (χ1) is 9.28. The molecule has 1 unspecified atom stereocenters. The fraction of sp³-hybridized carbons (Fsp3) is 0.600. The predicted molar refractivity (Wildman–Crippen MR) is 89.0 cm³/mol. The maximum atomic E-state index is 11.2. The Kier molecular flexibility index (Phi) is 7.20. The number of hydrogen-bond acceptors (Lipinski definition) is 3. The second-order valence-corrected chi connectivity index (χ2v) is 8.76. The zero-order valence-electron chi connectivity index (χ0n) is 12.4. The van der Waals surface area contributed by atoms with Gasteiger partial charge in [0.15, 0.2) is 0 Å². The van der Waals surface area contributed by atoms with Gasteiger partial charge < -0.3 is 5.32 Å². The van der Waals surface area contributed by atoms with Gasteiger partial charge in [-0.25, -0.2) is 8.42 Å². The molecule has 5 heteroatoms. The first-order valence-corrected chi connectivity index (χ1v) is 9.80. The van der Waals surface area contributed by atoms with Gasteiger partial charge in [0, 0.05) is 29.1 Å². The van der Waals surface area contributed by atoms with Crippen molar-refractivity contribution in [3.8, 4) is 0 Å². The molecule has 0 aliphatic rings. The van der Waals surface area contributed by atoms with Crippen molar-refractivity contribution < 1.29 is 8.42 Å². The lowest BCUT2D eigenvalue weighted by Crippen LogP contribution is -2.28. The number of benzene rings is 1. The summed E-state index contributed by atoms with van der Waals surface area (Å²) in [7, 11) is -2.87. The van der Waals surface area contributed by atoms with Gasteiger partial charge in [-0.3, -0.25) is 0 Å². The summed E-state index contributed by atoms with van der Waals surface area (Å²) in [6.07, 6.45) is 2.89. The van der Waals surface area contributed by atoms with E-state index in [0.29, 0.717) is 18.4 Å². The topological polar surface area (TPSA) is 46.2 Å². The van der Waals surface area contributed by atoms with Crippen LogP contribution in [0.4, 0.5) is 0 Å². The van der Waals surface area contributed by atoms with Crippen molar-refractivity contribution in [3.63, 3.8) is 0 Å². The van der Waals surface area contributed by atoms with Crippen molar-refractivity contribution >= 4 is 25.8 Å². The van der Waals surface area contributed by atoms with E-state index in [4.69, 9.17) is 0 Å². The molecular formula is C15H24BrNO2S. The third kappa shape index (κ3) is 7.41. The highest BCUT2D eigenvalue weighted by Crippen LogP contribution is 2.23. The average Bonchev–Trinajstić information content (AvgIpc) is 2.33. The largest absolute Gasteiger partial charge is 0.314 e. The van der Waals surface area contributed by atoms with Crippen LogP contribution >= 0.6 is 15.9 Å². The van der Waals surface area contributed by atoms with E-state index in [2.05, 4.69) is 47.2 Å². The molecule has 20 heavy (non-hydrogen) atoms. The molecular weight excluding hydrogens is 338 g/mol. The van der Waals surface area contributed by atoms with E-state index in [9.17, 15) is 8.42 Å². The molecule has 0 amide bonds. The van der Waals surface area contributed by atoms with Crippen LogP contribution in [0.15, 0.2) is 28.7 Å². The van der Waals surface area contributed by atoms with E-state index in [-0.39, 0.29) is 5.75 Å². The quantitative estimate of drug-likeness (QED) is 0.771. The summed E-state index contributed by atoms with van der Waals surface area (Å²) in [5, 5.41) is 3.45. The summed E-state index contributed by atoms with van der Waals surface area (Å²) in [5.41, 5.74) is 1.26. The lowest BCUT2D eigenvalue weighted by Gasteiger charge is -2.20. The minimum Gasteiger partial charge on any atom is -0.314 e. The van der Waals surface area contributed by atoms with E-state index in [1.54, 1.807) is 0 Å². The molecule has 1 rings (SSSR count). The zero-order chi connectivity index (χ0) is 15.2. The molecule has 0 aliphatic carbocycles. The van der Waals surface area contributed by atoms with Crippen LogP contribution in [0.25, 0.3) is 0 Å². The second-order valence-electron chi connectivity index (χ2n) is 5.58. The van der Waals surface area contributed by atoms with E-state index in [1.807, 2.05) is 12.1 Å². The van der Waals surface area contributed by atoms with Crippen LogP contribution in [-0.2, 0) is 9.84 Å². The maximum Gasteiger partial charge on any atom is 0.147 e. The van der Waals surface area contributed by atoms with Gasteiger partial charge in [-0.2, -0.15) is 0 Å². The monoisotopic (exact) mass is 361 g/mol. The summed E-state index contributed by atoms with van der Waals surface area (Å²) in [5.74, 6) is 0.620. The highest BCUT2D eigenvalue weighted by molar-refractivity contribution is 9.10. The van der Waals surface area contributed by atoms with E-state index in [1.165, 1.54) is 11.8 Å². The molecule has 0 fully saturated rings. The number of hydrogen-bond donors (Lipinski definition) is 1. The van der Waals surface area contributed by atoms with Gasteiger partial charge in [-0.1, -0.05) is 41.9 Å². The first kappa shape index (κ1) is 17.7. The molecule has 3 nitrogen and oxygen atoms in total. The third-order valence-electron chi connectivity index (χ3n) is 3.18. The van der Waals surface area contributed by atoms with E-state index in [0.717, 1.165) is 17.4 Å². The zero-order valence-corrected chi connectivity index (χ0v) is 14.8. The number of rotatable bonds is 8. The highest BCUT2D eigenvalue weighted by atomic mass is 79.9. The fourth-order valence-corrected chi connectivity index (χ4v) is 3.05. The first-order valence-electron chi connectivity index (χ1n) is 6.94. The Morgan fingerprint density at radius 1 is 1.20 bits per heavy atom. The number of sulfone groups is 1. The van der Waals surface area contributed by atoms with E-state index < -0.39 is 9.84 Å². The van der Waals surface area contributed by atoms with Crippen molar-refractivity contribution in [2.24, 2.45) is 0 Å². The van der Waals surface area contributed by atoms with Crippen LogP contribution in [0, 0.1) is 0 Å². The number of nitrogens with one attached hydrogen (secondary N) is 1. The van der Waals surface area contributed by atoms with Crippen molar-refractivity contribution in [2.75, 3.05) is 18.6 Å². The minimum atomic E-state index is -2.87. The van der Waals surface area contributed by atoms with Crippen LogP contribution in [-0.4, -0.2) is 33.0 Å². The van der Waals surface area contributed by atoms with Gasteiger partial charge in [-0.05, 0) is 36.5 Å². The smallest absolute Gasteiger partial charge is 0.147 e. The van der Waals surface area contributed by atoms with Crippen molar-refractivity contribution in [3.05, 3.63) is 34.3 Å². The molecule has 0 bridgehead atoms. The molecule has 0 saturated heterocycles. The lowest BCUT2D eigenvalue weighted by atomic mass is 9.94. The van der Waals surface area contributed by atoms with Gasteiger partial charge in [0.2, 0.25) is 0 Å². The summed E-state index contributed by atoms with van der Waals surface area (Å²) in [6.45, 7) is 5.12. The highest BCUT2D eigenvalue weighted by Gasteiger charge is 2.13. The fourth-order valence-electron chi connectivity index (χ4n) is 2.09. The Balaban J connectivity index is 2.66. The van der Waals surface area contributed by atoms with Crippen LogP contribution in [0.5, 0.6) is 0 Å². The normalized spacial score (nSPS) is 13.7. The molecule has 0 spiro atoms. The molecule has 0 aliphatic heterocycles. The molecule has 0 heterocycles. The molecule has 1 atom stereocenters. The Hall–Kier alpha value is -0.390. The van der Waals surface area contributed by atoms with Crippen LogP contribution < -0.4 is 5.32 Å². The molecule has 1 aromatic rings. The Morgan fingerprint density at radius 3 is 2.30 bits per heavy atom. The minimum absolute atomic E-state index is 0.266. The molecule has 0 radical (unpaired) electrons. The van der Waals surface area contributed by atoms with Crippen molar-refractivity contribution in [1.29, 1.82) is 0 Å². The summed E-state index contributed by atoms with van der Waals surface area (Å²) >= 11 is 3.44. The summed E-state index contributed by atoms with van der Waals surface area (Å²) in [6, 6.07) is 8.72. The standard InChI is InChI=1S/C15H24BrNO2S/c1-12(2)17-11-14(5-4-10-20(3,18)19)13-6-8-15(16)9-7-13/h6-9,12,14,17H,4-5,10-11H2,1-3H3. The Morgan fingerprint density at radius 2 is 1.80 bits per heavy atom. The van der Waals surface area contributed by atoms with Gasteiger partial charge in [-0.15, -0.1) is 0 Å². The van der Waals surface area contributed by atoms with Crippen molar-refractivity contribution in [2.45, 2.75) is 38.6 Å². The number of halogens is 1. The van der Waals surface area contributed by atoms with Crippen LogP contribution in [0.2, 0.25) is 0 Å². The summed E-state index contributed by atoms with van der Waals surface area (Å²) < 4.78 is 23.5. The summed E-state index contributed by atoms with van der Waals surface area (Å²) in [4.78, 5) is 0. The lowest BCUT2D eigenvalue weighted by molar-refractivity contribution is 0.503. The second kappa shape index (κ2) is 8.15. The molecule has 0 saturated carbocycles. The Bertz CT molecular complexity index is 497. The van der Waals surface area contributed by atoms with Crippen LogP contribution in [0.1, 0.15) is 38.2 Å². The predicted octanol–water partition coefficient (Wildman–Crippen LogP) is 3.36. The maximum absolute atomic E-state index is 11.2. The van der Waals surface area contributed by atoms with Crippen LogP contribution in [0.3, 0.4) is 0 Å². The van der Waals surface area contributed by atoms with Gasteiger partial charge in [0.05, 0.1) is 0 Å². The SMILES string of the molecule is CC(C)NCC(CCCS(C)(=O)=O)c1ccc(Br)cc1. The molecule has 1 N–H and O–H groups in total. The molecule has 114 valence electrons. The van der Waals surface area contributed by atoms with Crippen molar-refractivity contribution in [1.82, 2.24) is 5.32 Å². The van der Waals surface area contributed by atoms with E-state index >= 15 is 0 Å². The molecule has 1 aromatic carbocycles. The van der Waals surface area contributed by atoms with Gasteiger partial charge in [0.25, 0.3) is 0 Å². The molecule has 0 aromatic heterocycles.